The molecule has 2 amide bonds. The summed E-state index contributed by atoms with van der Waals surface area (Å²) in [4.78, 5) is 40.3. The Kier molecular flexibility index (Phi) is 7.42. The number of hydrogen-bond acceptors (Lipinski definition) is 6. The van der Waals surface area contributed by atoms with Gasteiger partial charge in [-0.3, -0.25) is 14.5 Å². The highest BCUT2D eigenvalue weighted by Crippen LogP contribution is 2.24. The van der Waals surface area contributed by atoms with Gasteiger partial charge in [0.1, 0.15) is 11.8 Å². The van der Waals surface area contributed by atoms with Gasteiger partial charge in [0.05, 0.1) is 25.7 Å². The van der Waals surface area contributed by atoms with Crippen molar-refractivity contribution in [2.75, 3.05) is 26.1 Å². The van der Waals surface area contributed by atoms with Crippen molar-refractivity contribution in [2.45, 2.75) is 25.9 Å². The van der Waals surface area contributed by atoms with Crippen LogP contribution in [0.25, 0.3) is 0 Å². The van der Waals surface area contributed by atoms with Crippen molar-refractivity contribution in [3.05, 3.63) is 59.7 Å². The Bertz CT molecular complexity index is 1010. The number of thiocarbonyl (C=S) groups is 1. The molecule has 1 fully saturated rings. The van der Waals surface area contributed by atoms with Gasteiger partial charge in [-0.15, -0.1) is 0 Å². The standard InChI is InChI=1S/C23H25N3O5S/c1-4-31-22(29)16-7-9-17(10-8-16)24-20(27)13-19-21(28)25(2)23(32)26(19)14-15-5-11-18(30-3)12-6-15/h5-12,19H,4,13-14H2,1-3H3,(H,24,27)/t19-/m1/s1. The van der Waals surface area contributed by atoms with E-state index < -0.39 is 12.0 Å². The van der Waals surface area contributed by atoms with Crippen LogP contribution in [-0.2, 0) is 20.9 Å². The Balaban J connectivity index is 1.67. The van der Waals surface area contributed by atoms with Crippen molar-refractivity contribution in [3.63, 3.8) is 0 Å². The first kappa shape index (κ1) is 23.2. The highest BCUT2D eigenvalue weighted by atomic mass is 32.1. The van der Waals surface area contributed by atoms with E-state index in [1.54, 1.807) is 50.2 Å². The molecule has 0 aliphatic carbocycles. The van der Waals surface area contributed by atoms with Crippen molar-refractivity contribution in [3.8, 4) is 5.75 Å². The first-order valence-corrected chi connectivity index (χ1v) is 10.5. The lowest BCUT2D eigenvalue weighted by Gasteiger charge is -2.23. The zero-order chi connectivity index (χ0) is 23.3. The van der Waals surface area contributed by atoms with Crippen molar-refractivity contribution in [1.29, 1.82) is 0 Å². The van der Waals surface area contributed by atoms with Crippen LogP contribution in [0.1, 0.15) is 29.3 Å². The fourth-order valence-electron chi connectivity index (χ4n) is 3.37. The van der Waals surface area contributed by atoms with Gasteiger partial charge in [0.2, 0.25) is 5.91 Å². The average Bonchev–Trinajstić information content (AvgIpc) is 2.98. The maximum atomic E-state index is 12.7. The van der Waals surface area contributed by atoms with Crippen LogP contribution in [0.15, 0.2) is 48.5 Å². The third kappa shape index (κ3) is 5.23. The van der Waals surface area contributed by atoms with Gasteiger partial charge in [-0.1, -0.05) is 12.1 Å². The summed E-state index contributed by atoms with van der Waals surface area (Å²) in [5.41, 5.74) is 1.86. The van der Waals surface area contributed by atoms with E-state index in [-0.39, 0.29) is 24.8 Å². The van der Waals surface area contributed by atoms with Crippen LogP contribution in [0.3, 0.4) is 0 Å². The molecule has 2 aromatic carbocycles. The van der Waals surface area contributed by atoms with E-state index in [1.807, 2.05) is 24.3 Å². The minimum Gasteiger partial charge on any atom is -0.497 e. The number of hydrogen-bond donors (Lipinski definition) is 1. The van der Waals surface area contributed by atoms with Crippen molar-refractivity contribution < 1.29 is 23.9 Å². The van der Waals surface area contributed by atoms with Gasteiger partial charge in [0.25, 0.3) is 5.91 Å². The SMILES string of the molecule is CCOC(=O)c1ccc(NC(=O)C[C@@H]2C(=O)N(C)C(=S)N2Cc2ccc(OC)cc2)cc1. The molecular formula is C23H25N3O5S. The predicted molar refractivity (Wildman–Crippen MR) is 123 cm³/mol. The molecule has 1 heterocycles. The second-order valence-corrected chi connectivity index (χ2v) is 7.59. The fraction of sp³-hybridized carbons (Fsp3) is 0.304. The number of likely N-dealkylation sites (N-methyl/N-ethyl adjacent to an activating group) is 1. The molecular weight excluding hydrogens is 430 g/mol. The number of ether oxygens (including phenoxy) is 2. The normalized spacial score (nSPS) is 15.7. The summed E-state index contributed by atoms with van der Waals surface area (Å²) >= 11 is 5.44. The highest BCUT2D eigenvalue weighted by Gasteiger charge is 2.41. The minimum atomic E-state index is -0.701. The molecule has 0 aromatic heterocycles. The minimum absolute atomic E-state index is 0.0565. The molecule has 32 heavy (non-hydrogen) atoms. The van der Waals surface area contributed by atoms with Crippen molar-refractivity contribution in [1.82, 2.24) is 9.80 Å². The Morgan fingerprint density at radius 2 is 1.75 bits per heavy atom. The molecule has 0 spiro atoms. The molecule has 0 radical (unpaired) electrons. The first-order valence-electron chi connectivity index (χ1n) is 10.1. The van der Waals surface area contributed by atoms with Gasteiger partial charge in [-0.25, -0.2) is 4.79 Å². The van der Waals surface area contributed by atoms with E-state index in [4.69, 9.17) is 21.7 Å². The van der Waals surface area contributed by atoms with Crippen LogP contribution in [0, 0.1) is 0 Å². The number of nitrogens with zero attached hydrogens (tertiary/aromatic N) is 2. The number of carbonyl (C=O) groups is 3. The molecule has 2 aromatic rings. The molecule has 168 valence electrons. The average molecular weight is 456 g/mol. The van der Waals surface area contributed by atoms with Gasteiger partial charge in [0.15, 0.2) is 5.11 Å². The van der Waals surface area contributed by atoms with Gasteiger partial charge >= 0.3 is 5.97 Å². The lowest BCUT2D eigenvalue weighted by Crippen LogP contribution is -2.37. The third-order valence-corrected chi connectivity index (χ3v) is 5.60. The summed E-state index contributed by atoms with van der Waals surface area (Å²) in [6, 6.07) is 13.1. The molecule has 3 rings (SSSR count). The Morgan fingerprint density at radius 1 is 1.09 bits per heavy atom. The lowest BCUT2D eigenvalue weighted by atomic mass is 10.1. The monoisotopic (exact) mass is 455 g/mol. The summed E-state index contributed by atoms with van der Waals surface area (Å²) < 4.78 is 10.1. The number of esters is 1. The smallest absolute Gasteiger partial charge is 0.338 e. The second-order valence-electron chi connectivity index (χ2n) is 7.22. The number of amides is 2. The number of rotatable bonds is 8. The summed E-state index contributed by atoms with van der Waals surface area (Å²) in [6.45, 7) is 2.42. The Labute approximate surface area is 192 Å². The van der Waals surface area contributed by atoms with Gasteiger partial charge < -0.3 is 19.7 Å². The van der Waals surface area contributed by atoms with Crippen LogP contribution < -0.4 is 10.1 Å². The zero-order valence-corrected chi connectivity index (χ0v) is 19.0. The lowest BCUT2D eigenvalue weighted by molar-refractivity contribution is -0.130. The molecule has 0 saturated carbocycles. The van der Waals surface area contributed by atoms with E-state index in [1.165, 1.54) is 4.90 Å². The molecule has 0 bridgehead atoms. The number of anilines is 1. The van der Waals surface area contributed by atoms with E-state index in [0.29, 0.717) is 22.9 Å². The van der Waals surface area contributed by atoms with Gasteiger partial charge in [-0.05, 0) is 61.1 Å². The molecule has 1 aliphatic heterocycles. The molecule has 1 aliphatic rings. The van der Waals surface area contributed by atoms with Crippen LogP contribution in [0.5, 0.6) is 5.75 Å². The Morgan fingerprint density at radius 3 is 2.34 bits per heavy atom. The summed E-state index contributed by atoms with van der Waals surface area (Å²) in [6.07, 6.45) is -0.0565. The molecule has 1 saturated heterocycles. The maximum absolute atomic E-state index is 12.7. The number of nitrogens with one attached hydrogen (secondary N) is 1. The van der Waals surface area contributed by atoms with E-state index in [9.17, 15) is 14.4 Å². The first-order chi connectivity index (χ1) is 15.3. The van der Waals surface area contributed by atoms with Crippen molar-refractivity contribution in [2.24, 2.45) is 0 Å². The van der Waals surface area contributed by atoms with E-state index >= 15 is 0 Å². The topological polar surface area (TPSA) is 88.2 Å². The quantitative estimate of drug-likeness (QED) is 0.484. The van der Waals surface area contributed by atoms with Crippen LogP contribution in [0.4, 0.5) is 5.69 Å². The number of carbonyl (C=O) groups excluding carboxylic acids is 3. The largest absolute Gasteiger partial charge is 0.497 e. The predicted octanol–water partition coefficient (Wildman–Crippen LogP) is 2.83. The van der Waals surface area contributed by atoms with Crippen LogP contribution >= 0.6 is 12.2 Å². The van der Waals surface area contributed by atoms with E-state index in [2.05, 4.69) is 5.32 Å². The number of benzene rings is 2. The summed E-state index contributed by atoms with van der Waals surface area (Å²) in [5, 5.41) is 3.15. The van der Waals surface area contributed by atoms with Gasteiger partial charge in [-0.2, -0.15) is 0 Å². The van der Waals surface area contributed by atoms with Gasteiger partial charge in [0, 0.05) is 19.3 Å². The second kappa shape index (κ2) is 10.2. The van der Waals surface area contributed by atoms with E-state index in [0.717, 1.165) is 11.3 Å². The van der Waals surface area contributed by atoms with Crippen LogP contribution in [-0.4, -0.2) is 59.5 Å². The molecule has 8 nitrogen and oxygen atoms in total. The third-order valence-electron chi connectivity index (χ3n) is 5.10. The van der Waals surface area contributed by atoms with Crippen molar-refractivity contribution >= 4 is 40.8 Å². The van der Waals surface area contributed by atoms with Crippen LogP contribution in [0.2, 0.25) is 0 Å². The highest BCUT2D eigenvalue weighted by molar-refractivity contribution is 7.80. The molecule has 1 N–H and O–H groups in total. The fourth-order valence-corrected chi connectivity index (χ4v) is 3.65. The molecule has 9 heteroatoms. The summed E-state index contributed by atoms with van der Waals surface area (Å²) in [7, 11) is 3.20. The summed E-state index contributed by atoms with van der Waals surface area (Å²) in [5.74, 6) is -0.245. The number of methoxy groups -OCH3 is 1. The Hall–Kier alpha value is -3.46. The maximum Gasteiger partial charge on any atom is 0.338 e. The zero-order valence-electron chi connectivity index (χ0n) is 18.2. The molecule has 0 unspecified atom stereocenters. The molecule has 1 atom stereocenters.